The van der Waals surface area contributed by atoms with Gasteiger partial charge in [0.25, 0.3) is 0 Å². The van der Waals surface area contributed by atoms with Gasteiger partial charge in [0, 0.05) is 11.8 Å². The second-order valence-corrected chi connectivity index (χ2v) is 4.64. The van der Waals surface area contributed by atoms with Crippen LogP contribution in [-0.2, 0) is 9.47 Å². The maximum Gasteiger partial charge on any atom is 0.106 e. The van der Waals surface area contributed by atoms with Gasteiger partial charge in [0.15, 0.2) is 0 Å². The third-order valence-corrected chi connectivity index (χ3v) is 3.73. The minimum atomic E-state index is -0.111. The van der Waals surface area contributed by atoms with Crippen molar-refractivity contribution in [1.82, 2.24) is 0 Å². The molecule has 1 saturated carbocycles. The third kappa shape index (κ3) is 2.03. The minimum Gasteiger partial charge on any atom is -0.365 e. The van der Waals surface area contributed by atoms with Gasteiger partial charge in [-0.15, -0.1) is 26.3 Å². The van der Waals surface area contributed by atoms with Crippen molar-refractivity contribution in [3.8, 4) is 0 Å². The first kappa shape index (κ1) is 12.3. The normalized spacial score (nSPS) is 44.7. The fourth-order valence-corrected chi connectivity index (χ4v) is 2.78. The Balaban J connectivity index is 2.21. The summed E-state index contributed by atoms with van der Waals surface area (Å²) in [6, 6.07) is 0. The lowest BCUT2D eigenvalue weighted by Crippen LogP contribution is -2.48. The predicted octanol–water partition coefficient (Wildman–Crippen LogP) is 2.89. The molecule has 0 bridgehead atoms. The Morgan fingerprint density at radius 2 is 1.12 bits per heavy atom. The summed E-state index contributed by atoms with van der Waals surface area (Å²) in [5.41, 5.74) is 0. The number of hydrogen-bond donors (Lipinski definition) is 0. The van der Waals surface area contributed by atoms with Crippen LogP contribution in [0.25, 0.3) is 0 Å². The highest BCUT2D eigenvalue weighted by molar-refractivity contribution is 5.10. The Kier molecular flexibility index (Phi) is 3.65. The molecule has 1 heterocycles. The van der Waals surface area contributed by atoms with Crippen LogP contribution in [-0.4, -0.2) is 24.4 Å². The summed E-state index contributed by atoms with van der Waals surface area (Å²) >= 11 is 0. The van der Waals surface area contributed by atoms with Crippen molar-refractivity contribution in [3.05, 3.63) is 50.6 Å². The Morgan fingerprint density at radius 3 is 1.41 bits per heavy atom. The second-order valence-electron chi connectivity index (χ2n) is 4.64. The molecule has 2 unspecified atom stereocenters. The van der Waals surface area contributed by atoms with Crippen molar-refractivity contribution in [1.29, 1.82) is 0 Å². The first-order valence-corrected chi connectivity index (χ1v) is 6.06. The quantitative estimate of drug-likeness (QED) is 0.694. The molecule has 0 radical (unpaired) electrons. The zero-order valence-electron chi connectivity index (χ0n) is 10.1. The maximum absolute atomic E-state index is 6.07. The summed E-state index contributed by atoms with van der Waals surface area (Å²) in [5.74, 6) is 0.660. The molecule has 2 rings (SSSR count). The minimum absolute atomic E-state index is 0.0645. The molecule has 1 aliphatic carbocycles. The van der Waals surface area contributed by atoms with Crippen LogP contribution < -0.4 is 0 Å². The molecule has 0 aromatic carbocycles. The largest absolute Gasteiger partial charge is 0.365 e. The van der Waals surface area contributed by atoms with E-state index in [0.29, 0.717) is 11.8 Å². The average molecular weight is 232 g/mol. The average Bonchev–Trinajstić information content (AvgIpc) is 2.73. The summed E-state index contributed by atoms with van der Waals surface area (Å²) in [7, 11) is 0. The van der Waals surface area contributed by atoms with E-state index in [1.165, 1.54) is 0 Å². The van der Waals surface area contributed by atoms with Gasteiger partial charge >= 0.3 is 0 Å². The van der Waals surface area contributed by atoms with Crippen molar-refractivity contribution in [2.24, 2.45) is 11.8 Å². The Morgan fingerprint density at radius 1 is 0.706 bits per heavy atom. The highest BCUT2D eigenvalue weighted by atomic mass is 16.6. The van der Waals surface area contributed by atoms with Gasteiger partial charge in [-0.3, -0.25) is 0 Å². The zero-order chi connectivity index (χ0) is 12.4. The number of hydrogen-bond acceptors (Lipinski definition) is 2. The van der Waals surface area contributed by atoms with Crippen LogP contribution in [0.15, 0.2) is 50.6 Å². The van der Waals surface area contributed by atoms with Gasteiger partial charge in [-0.1, -0.05) is 24.3 Å². The van der Waals surface area contributed by atoms with E-state index in [2.05, 4.69) is 26.3 Å². The molecule has 1 saturated heterocycles. The van der Waals surface area contributed by atoms with E-state index in [4.69, 9.17) is 9.47 Å². The van der Waals surface area contributed by atoms with Crippen molar-refractivity contribution in [2.45, 2.75) is 30.8 Å². The van der Waals surface area contributed by atoms with Gasteiger partial charge in [-0.2, -0.15) is 0 Å². The first-order valence-electron chi connectivity index (χ1n) is 6.06. The molecule has 2 nitrogen and oxygen atoms in total. The highest BCUT2D eigenvalue weighted by Crippen LogP contribution is 2.41. The molecule has 17 heavy (non-hydrogen) atoms. The maximum atomic E-state index is 6.07. The van der Waals surface area contributed by atoms with Gasteiger partial charge in [0.1, 0.15) is 12.2 Å². The smallest absolute Gasteiger partial charge is 0.106 e. The second kappa shape index (κ2) is 5.03. The summed E-state index contributed by atoms with van der Waals surface area (Å²) in [6.07, 6.45) is 8.38. The fourth-order valence-electron chi connectivity index (χ4n) is 2.78. The summed E-state index contributed by atoms with van der Waals surface area (Å²) < 4.78 is 12.1. The molecule has 0 aromatic heterocycles. The lowest BCUT2D eigenvalue weighted by atomic mass is 10.0. The number of fused-ring (bicyclic) bond motifs is 1. The molecular weight excluding hydrogens is 212 g/mol. The van der Waals surface area contributed by atoms with E-state index < -0.39 is 0 Å². The monoisotopic (exact) mass is 232 g/mol. The van der Waals surface area contributed by atoms with E-state index in [9.17, 15) is 0 Å². The molecule has 0 N–H and O–H groups in total. The van der Waals surface area contributed by atoms with Gasteiger partial charge in [-0.25, -0.2) is 0 Å². The van der Waals surface area contributed by atoms with Crippen molar-refractivity contribution >= 4 is 0 Å². The number of rotatable bonds is 4. The van der Waals surface area contributed by atoms with Crippen LogP contribution in [0.5, 0.6) is 0 Å². The molecule has 6 atom stereocenters. The lowest BCUT2D eigenvalue weighted by Gasteiger charge is -2.39. The molecular formula is C15H20O2. The SMILES string of the molecule is C=C[C@@H]1C[C@H](C=C)C2O[C@@H](C=C)[C@@H](C=C)OC21. The molecule has 0 spiro atoms. The molecule has 0 amide bonds. The Hall–Kier alpha value is -1.12. The summed E-state index contributed by atoms with van der Waals surface area (Å²) in [6.45, 7) is 15.3. The molecule has 2 aliphatic rings. The molecule has 1 aliphatic heterocycles. The van der Waals surface area contributed by atoms with Gasteiger partial charge in [0.2, 0.25) is 0 Å². The van der Waals surface area contributed by atoms with Gasteiger partial charge < -0.3 is 9.47 Å². The fraction of sp³-hybridized carbons (Fsp3) is 0.467. The van der Waals surface area contributed by atoms with Crippen LogP contribution in [0.4, 0.5) is 0 Å². The van der Waals surface area contributed by atoms with Gasteiger partial charge in [0.05, 0.1) is 12.2 Å². The summed E-state index contributed by atoms with van der Waals surface area (Å²) in [5, 5.41) is 0. The zero-order valence-corrected chi connectivity index (χ0v) is 10.1. The number of ether oxygens (including phenoxy) is 2. The van der Waals surface area contributed by atoms with Crippen molar-refractivity contribution in [2.75, 3.05) is 0 Å². The van der Waals surface area contributed by atoms with Crippen molar-refractivity contribution in [3.63, 3.8) is 0 Å². The van der Waals surface area contributed by atoms with E-state index in [-0.39, 0.29) is 24.4 Å². The lowest BCUT2D eigenvalue weighted by molar-refractivity contribution is -0.191. The van der Waals surface area contributed by atoms with E-state index in [1.54, 1.807) is 12.2 Å². The van der Waals surface area contributed by atoms with Crippen molar-refractivity contribution < 1.29 is 9.47 Å². The Bertz CT molecular complexity index is 302. The van der Waals surface area contributed by atoms with Crippen LogP contribution in [0.3, 0.4) is 0 Å². The Labute approximate surface area is 103 Å². The van der Waals surface area contributed by atoms with Crippen LogP contribution in [0.2, 0.25) is 0 Å². The van der Waals surface area contributed by atoms with Crippen LogP contribution >= 0.6 is 0 Å². The first-order chi connectivity index (χ1) is 8.24. The predicted molar refractivity (Wildman–Crippen MR) is 69.7 cm³/mol. The van der Waals surface area contributed by atoms with E-state index >= 15 is 0 Å². The van der Waals surface area contributed by atoms with Crippen LogP contribution in [0.1, 0.15) is 6.42 Å². The summed E-state index contributed by atoms with van der Waals surface area (Å²) in [4.78, 5) is 0. The third-order valence-electron chi connectivity index (χ3n) is 3.73. The molecule has 2 fully saturated rings. The van der Waals surface area contributed by atoms with Gasteiger partial charge in [-0.05, 0) is 6.42 Å². The van der Waals surface area contributed by atoms with E-state index in [1.807, 2.05) is 12.2 Å². The van der Waals surface area contributed by atoms with E-state index in [0.717, 1.165) is 6.42 Å². The standard InChI is InChI=1S/C15H20O2/c1-5-10-9-11(6-2)15-14(10)16-12(7-3)13(8-4)17-15/h5-8,10-15H,1-4,9H2/t10-,11+,12-,13+,14?,15?. The highest BCUT2D eigenvalue weighted by Gasteiger charge is 2.48. The molecule has 92 valence electrons. The molecule has 0 aromatic rings. The topological polar surface area (TPSA) is 18.5 Å². The molecule has 2 heteroatoms. The van der Waals surface area contributed by atoms with Crippen LogP contribution in [0, 0.1) is 11.8 Å².